The molecule has 0 aliphatic carbocycles. The summed E-state index contributed by atoms with van der Waals surface area (Å²) < 4.78 is 5.76. The van der Waals surface area contributed by atoms with Crippen LogP contribution in [0.25, 0.3) is 10.8 Å². The molecule has 3 heteroatoms. The fourth-order valence-corrected chi connectivity index (χ4v) is 2.91. The van der Waals surface area contributed by atoms with Gasteiger partial charge in [0.05, 0.1) is 6.10 Å². The molecule has 0 saturated carbocycles. The van der Waals surface area contributed by atoms with Gasteiger partial charge >= 0.3 is 0 Å². The maximum Gasteiger partial charge on any atom is 0.120 e. The molecule has 1 heterocycles. The summed E-state index contributed by atoms with van der Waals surface area (Å²) in [5.41, 5.74) is 7.28. The van der Waals surface area contributed by atoms with E-state index in [0.717, 1.165) is 31.7 Å². The molecule has 0 unspecified atom stereocenters. The highest BCUT2D eigenvalue weighted by Gasteiger charge is 2.16. The van der Waals surface area contributed by atoms with Gasteiger partial charge in [-0.1, -0.05) is 12.1 Å². The Bertz CT molecular complexity index is 616. The van der Waals surface area contributed by atoms with Crippen molar-refractivity contribution in [1.29, 1.82) is 0 Å². The highest BCUT2D eigenvalue weighted by Crippen LogP contribution is 2.27. The summed E-state index contributed by atoms with van der Waals surface area (Å²) >= 11 is 0. The molecule has 112 valence electrons. The zero-order valence-electron chi connectivity index (χ0n) is 12.9. The van der Waals surface area contributed by atoms with Crippen LogP contribution in [0.3, 0.4) is 0 Å². The number of benzene rings is 2. The summed E-state index contributed by atoms with van der Waals surface area (Å²) in [6.07, 6.45) is 2.37. The fourth-order valence-electron chi connectivity index (χ4n) is 2.91. The van der Waals surface area contributed by atoms with E-state index in [9.17, 15) is 0 Å². The van der Waals surface area contributed by atoms with Crippen LogP contribution in [-0.4, -0.2) is 25.2 Å². The average Bonchev–Trinajstić information content (AvgIpc) is 2.47. The highest BCUT2D eigenvalue weighted by atomic mass is 16.5. The lowest BCUT2D eigenvalue weighted by Crippen LogP contribution is -2.39. The van der Waals surface area contributed by atoms with E-state index in [1.165, 1.54) is 16.5 Å². The molecule has 1 aliphatic rings. The molecule has 3 rings (SSSR count). The third kappa shape index (κ3) is 3.30. The lowest BCUT2D eigenvalue weighted by molar-refractivity contribution is 0.243. The minimum Gasteiger partial charge on any atom is -0.491 e. The molecular formula is C18H24N2O. The van der Waals surface area contributed by atoms with E-state index in [0.29, 0.717) is 6.04 Å². The Morgan fingerprint density at radius 3 is 2.43 bits per heavy atom. The van der Waals surface area contributed by atoms with Crippen molar-refractivity contribution in [2.24, 2.45) is 5.73 Å². The smallest absolute Gasteiger partial charge is 0.120 e. The predicted octanol–water partition coefficient (Wildman–Crippen LogP) is 3.55. The van der Waals surface area contributed by atoms with Gasteiger partial charge in [0, 0.05) is 24.8 Å². The Morgan fingerprint density at radius 1 is 1.05 bits per heavy atom. The van der Waals surface area contributed by atoms with Crippen LogP contribution in [0.1, 0.15) is 26.7 Å². The minimum absolute atomic E-state index is 0.208. The van der Waals surface area contributed by atoms with Gasteiger partial charge in [0.1, 0.15) is 5.75 Å². The first-order valence-corrected chi connectivity index (χ1v) is 7.83. The first-order valence-electron chi connectivity index (χ1n) is 7.83. The number of fused-ring (bicyclic) bond motifs is 1. The van der Waals surface area contributed by atoms with Gasteiger partial charge in [0.2, 0.25) is 0 Å². The Hall–Kier alpha value is -1.74. The van der Waals surface area contributed by atoms with Crippen molar-refractivity contribution in [2.45, 2.75) is 38.8 Å². The van der Waals surface area contributed by atoms with E-state index in [-0.39, 0.29) is 6.10 Å². The molecule has 0 amide bonds. The number of anilines is 1. The van der Waals surface area contributed by atoms with Gasteiger partial charge in [-0.15, -0.1) is 0 Å². The van der Waals surface area contributed by atoms with Crippen molar-refractivity contribution >= 4 is 16.5 Å². The van der Waals surface area contributed by atoms with Crippen LogP contribution < -0.4 is 15.4 Å². The third-order valence-corrected chi connectivity index (χ3v) is 4.07. The van der Waals surface area contributed by atoms with Crippen LogP contribution >= 0.6 is 0 Å². The van der Waals surface area contributed by atoms with Crippen LogP contribution in [0.5, 0.6) is 5.75 Å². The van der Waals surface area contributed by atoms with Crippen molar-refractivity contribution in [3.05, 3.63) is 36.4 Å². The summed E-state index contributed by atoms with van der Waals surface area (Å²) in [6.45, 7) is 6.21. The second kappa shape index (κ2) is 5.94. The first kappa shape index (κ1) is 14.2. The molecule has 0 bridgehead atoms. The number of nitrogens with two attached hydrogens (primary N) is 1. The van der Waals surface area contributed by atoms with Gasteiger partial charge in [-0.2, -0.15) is 0 Å². The maximum atomic E-state index is 5.98. The Kier molecular flexibility index (Phi) is 4.02. The van der Waals surface area contributed by atoms with Gasteiger partial charge in [0.25, 0.3) is 0 Å². The van der Waals surface area contributed by atoms with E-state index >= 15 is 0 Å². The predicted molar refractivity (Wildman–Crippen MR) is 89.1 cm³/mol. The molecule has 0 spiro atoms. The summed E-state index contributed by atoms with van der Waals surface area (Å²) in [7, 11) is 0. The molecule has 0 aromatic heterocycles. The quantitative estimate of drug-likeness (QED) is 0.936. The van der Waals surface area contributed by atoms with Crippen LogP contribution in [0.15, 0.2) is 36.4 Å². The molecule has 1 saturated heterocycles. The average molecular weight is 284 g/mol. The van der Waals surface area contributed by atoms with Gasteiger partial charge in [-0.05, 0) is 61.7 Å². The fraction of sp³-hybridized carbons (Fsp3) is 0.444. The number of hydrogen-bond donors (Lipinski definition) is 1. The molecule has 0 atom stereocenters. The number of piperidine rings is 1. The third-order valence-electron chi connectivity index (χ3n) is 4.07. The number of ether oxygens (including phenoxy) is 1. The van der Waals surface area contributed by atoms with Gasteiger partial charge < -0.3 is 15.4 Å². The van der Waals surface area contributed by atoms with Crippen LogP contribution in [0.4, 0.5) is 5.69 Å². The van der Waals surface area contributed by atoms with E-state index < -0.39 is 0 Å². The normalized spacial score (nSPS) is 16.7. The van der Waals surface area contributed by atoms with E-state index in [1.807, 2.05) is 13.8 Å². The Labute approximate surface area is 126 Å². The van der Waals surface area contributed by atoms with Crippen LogP contribution in [0.2, 0.25) is 0 Å². The molecule has 0 radical (unpaired) electrons. The lowest BCUT2D eigenvalue weighted by atomic mass is 10.0. The van der Waals surface area contributed by atoms with Gasteiger partial charge in [0.15, 0.2) is 0 Å². The number of hydrogen-bond acceptors (Lipinski definition) is 3. The molecule has 2 aromatic rings. The zero-order valence-corrected chi connectivity index (χ0v) is 12.9. The molecule has 2 aromatic carbocycles. The highest BCUT2D eigenvalue weighted by molar-refractivity contribution is 5.87. The minimum atomic E-state index is 0.208. The van der Waals surface area contributed by atoms with E-state index in [4.69, 9.17) is 10.5 Å². The number of rotatable bonds is 3. The summed E-state index contributed by atoms with van der Waals surface area (Å²) in [5.74, 6) is 0.939. The monoisotopic (exact) mass is 284 g/mol. The van der Waals surface area contributed by atoms with Crippen LogP contribution in [-0.2, 0) is 0 Å². The van der Waals surface area contributed by atoms with E-state index in [1.54, 1.807) is 0 Å². The maximum absolute atomic E-state index is 5.98. The lowest BCUT2D eigenvalue weighted by Gasteiger charge is -2.32. The van der Waals surface area contributed by atoms with Crippen molar-refractivity contribution in [3.8, 4) is 5.75 Å². The Balaban J connectivity index is 1.83. The zero-order chi connectivity index (χ0) is 14.8. The topological polar surface area (TPSA) is 38.5 Å². The van der Waals surface area contributed by atoms with Crippen LogP contribution in [0, 0.1) is 0 Å². The second-order valence-electron chi connectivity index (χ2n) is 6.18. The molecule has 2 N–H and O–H groups in total. The number of nitrogens with zero attached hydrogens (tertiary/aromatic N) is 1. The van der Waals surface area contributed by atoms with Crippen molar-refractivity contribution in [1.82, 2.24) is 0 Å². The van der Waals surface area contributed by atoms with Crippen molar-refractivity contribution in [3.63, 3.8) is 0 Å². The van der Waals surface area contributed by atoms with Gasteiger partial charge in [-0.25, -0.2) is 0 Å². The van der Waals surface area contributed by atoms with Crippen molar-refractivity contribution in [2.75, 3.05) is 18.0 Å². The second-order valence-corrected chi connectivity index (χ2v) is 6.18. The standard InChI is InChI=1S/C18H24N2O/c1-13(2)21-18-6-4-14-11-17(5-3-15(14)12-18)20-9-7-16(19)8-10-20/h3-6,11-13,16H,7-10,19H2,1-2H3. The molecule has 3 nitrogen and oxygen atoms in total. The van der Waals surface area contributed by atoms with E-state index in [2.05, 4.69) is 41.3 Å². The van der Waals surface area contributed by atoms with Crippen molar-refractivity contribution < 1.29 is 4.74 Å². The molecule has 21 heavy (non-hydrogen) atoms. The Morgan fingerprint density at radius 2 is 1.71 bits per heavy atom. The summed E-state index contributed by atoms with van der Waals surface area (Å²) in [6, 6.07) is 13.4. The largest absolute Gasteiger partial charge is 0.491 e. The molecule has 1 fully saturated rings. The molecule has 1 aliphatic heterocycles. The SMILES string of the molecule is CC(C)Oc1ccc2cc(N3CCC(N)CC3)ccc2c1. The van der Waals surface area contributed by atoms with Gasteiger partial charge in [-0.3, -0.25) is 0 Å². The summed E-state index contributed by atoms with van der Waals surface area (Å²) in [4.78, 5) is 2.43. The first-order chi connectivity index (χ1) is 10.1. The summed E-state index contributed by atoms with van der Waals surface area (Å²) in [5, 5.41) is 2.49. The molecular weight excluding hydrogens is 260 g/mol.